The minimum absolute atomic E-state index is 0.0741. The van der Waals surface area contributed by atoms with Crippen LogP contribution in [0.2, 0.25) is 0 Å². The van der Waals surface area contributed by atoms with Crippen molar-refractivity contribution >= 4 is 10.9 Å². The quantitative estimate of drug-likeness (QED) is 0.393. The molecule has 1 atom stereocenters. The highest BCUT2D eigenvalue weighted by molar-refractivity contribution is 5.85. The van der Waals surface area contributed by atoms with Crippen LogP contribution in [0.3, 0.4) is 0 Å². The Morgan fingerprint density at radius 2 is 1.75 bits per heavy atom. The van der Waals surface area contributed by atoms with Gasteiger partial charge in [-0.3, -0.25) is 14.6 Å². The molecule has 0 spiro atoms. The van der Waals surface area contributed by atoms with Crippen LogP contribution in [0.4, 0.5) is 0 Å². The number of fused-ring (bicyclic) bond motifs is 2. The molecule has 3 aliphatic rings. The van der Waals surface area contributed by atoms with Gasteiger partial charge < -0.3 is 14.5 Å². The van der Waals surface area contributed by atoms with E-state index < -0.39 is 0 Å². The third kappa shape index (κ3) is 4.54. The number of tetrazole rings is 1. The van der Waals surface area contributed by atoms with E-state index in [1.165, 1.54) is 18.4 Å². The zero-order chi connectivity index (χ0) is 27.2. The first-order valence-corrected chi connectivity index (χ1v) is 14.3. The van der Waals surface area contributed by atoms with Crippen LogP contribution in [0, 0.1) is 13.8 Å². The lowest BCUT2D eigenvalue weighted by Gasteiger charge is -2.39. The zero-order valence-electron chi connectivity index (χ0n) is 23.1. The smallest absolute Gasteiger partial charge is 0.253 e. The molecule has 0 amide bonds. The highest BCUT2D eigenvalue weighted by Gasteiger charge is 2.35. The van der Waals surface area contributed by atoms with Crippen molar-refractivity contribution in [1.29, 1.82) is 0 Å². The summed E-state index contributed by atoms with van der Waals surface area (Å²) >= 11 is 0. The van der Waals surface area contributed by atoms with E-state index in [1.807, 2.05) is 17.7 Å². The molecule has 10 nitrogen and oxygen atoms in total. The zero-order valence-corrected chi connectivity index (χ0v) is 23.1. The van der Waals surface area contributed by atoms with Crippen LogP contribution in [-0.2, 0) is 6.54 Å². The Bertz CT molecular complexity index is 1600. The fourth-order valence-corrected chi connectivity index (χ4v) is 6.56. The minimum Gasteiger partial charge on any atom is -0.454 e. The number of aromatic nitrogens is 5. The van der Waals surface area contributed by atoms with E-state index >= 15 is 0 Å². The molecular formula is C30H35N7O3. The van der Waals surface area contributed by atoms with Gasteiger partial charge in [0, 0.05) is 43.7 Å². The first-order valence-electron chi connectivity index (χ1n) is 14.3. The van der Waals surface area contributed by atoms with Gasteiger partial charge in [0.15, 0.2) is 17.3 Å². The average Bonchev–Trinajstić information content (AvgIpc) is 3.74. The summed E-state index contributed by atoms with van der Waals surface area (Å²) < 4.78 is 13.0. The summed E-state index contributed by atoms with van der Waals surface area (Å²) in [5, 5.41) is 14.2. The van der Waals surface area contributed by atoms with Crippen LogP contribution in [0.15, 0.2) is 41.2 Å². The van der Waals surface area contributed by atoms with E-state index in [1.54, 1.807) is 0 Å². The van der Waals surface area contributed by atoms with Gasteiger partial charge in [-0.15, -0.1) is 5.10 Å². The van der Waals surface area contributed by atoms with Gasteiger partial charge in [0.05, 0.1) is 11.6 Å². The number of nitrogens with zero attached hydrogens (tertiary/aromatic N) is 6. The molecule has 1 saturated heterocycles. The van der Waals surface area contributed by atoms with Gasteiger partial charge in [0.25, 0.3) is 5.56 Å². The van der Waals surface area contributed by atoms with Crippen molar-refractivity contribution in [3.05, 3.63) is 74.8 Å². The van der Waals surface area contributed by atoms with E-state index in [0.29, 0.717) is 5.56 Å². The predicted molar refractivity (Wildman–Crippen MR) is 151 cm³/mol. The number of piperazine rings is 1. The number of nitrogens with one attached hydrogen (secondary N) is 1. The number of hydrogen-bond acceptors (Lipinski definition) is 8. The van der Waals surface area contributed by atoms with Crippen LogP contribution in [0.5, 0.6) is 11.5 Å². The molecule has 2 aromatic carbocycles. The molecule has 0 bridgehead atoms. The lowest BCUT2D eigenvalue weighted by Crippen LogP contribution is -2.48. The SMILES string of the molecule is Cc1ccc(C)c2[nH]c(=O)c([C@H](c3nnnn3C3CCCC3)N3CCN(Cc4ccc5c(c4)OCO5)CC3)cc12. The Labute approximate surface area is 232 Å². The molecular weight excluding hydrogens is 506 g/mol. The molecule has 4 aromatic rings. The van der Waals surface area contributed by atoms with Crippen molar-refractivity contribution in [3.8, 4) is 11.5 Å². The number of aryl methyl sites for hydroxylation is 2. The lowest BCUT2D eigenvalue weighted by molar-refractivity contribution is 0.0988. The summed E-state index contributed by atoms with van der Waals surface area (Å²) in [6.45, 7) is 8.61. The van der Waals surface area contributed by atoms with Crippen LogP contribution < -0.4 is 15.0 Å². The van der Waals surface area contributed by atoms with Crippen molar-refractivity contribution < 1.29 is 9.47 Å². The average molecular weight is 542 g/mol. The maximum absolute atomic E-state index is 13.7. The van der Waals surface area contributed by atoms with Crippen molar-refractivity contribution in [3.63, 3.8) is 0 Å². The van der Waals surface area contributed by atoms with Crippen LogP contribution in [-0.4, -0.2) is 68.0 Å². The minimum atomic E-state index is -0.323. The van der Waals surface area contributed by atoms with Gasteiger partial charge in [-0.25, -0.2) is 4.68 Å². The van der Waals surface area contributed by atoms with Gasteiger partial charge in [0.2, 0.25) is 6.79 Å². The molecule has 4 heterocycles. The number of H-pyrrole nitrogens is 1. The van der Waals surface area contributed by atoms with E-state index in [2.05, 4.69) is 67.6 Å². The summed E-state index contributed by atoms with van der Waals surface area (Å²) in [6.07, 6.45) is 4.51. The van der Waals surface area contributed by atoms with Crippen LogP contribution in [0.25, 0.3) is 10.9 Å². The molecule has 208 valence electrons. The Hall–Kier alpha value is -3.76. The second-order valence-electron chi connectivity index (χ2n) is 11.4. The number of aromatic amines is 1. The van der Waals surface area contributed by atoms with Crippen LogP contribution >= 0.6 is 0 Å². The summed E-state index contributed by atoms with van der Waals surface area (Å²) in [5.41, 5.74) is 4.94. The number of pyridine rings is 1. The first kappa shape index (κ1) is 25.2. The number of benzene rings is 2. The molecule has 10 heteroatoms. The molecule has 1 aliphatic carbocycles. The molecule has 0 unspecified atom stereocenters. The van der Waals surface area contributed by atoms with Gasteiger partial charge in [-0.05, 0) is 72.0 Å². The highest BCUT2D eigenvalue weighted by Crippen LogP contribution is 2.35. The van der Waals surface area contributed by atoms with E-state index in [-0.39, 0.29) is 24.4 Å². The Morgan fingerprint density at radius 1 is 0.975 bits per heavy atom. The Morgan fingerprint density at radius 3 is 2.58 bits per heavy atom. The Kier molecular flexibility index (Phi) is 6.51. The predicted octanol–water partition coefficient (Wildman–Crippen LogP) is 3.88. The third-order valence-corrected chi connectivity index (χ3v) is 8.82. The van der Waals surface area contributed by atoms with Crippen LogP contribution in [0.1, 0.15) is 65.8 Å². The van der Waals surface area contributed by atoms with Gasteiger partial charge in [-0.2, -0.15) is 0 Å². The van der Waals surface area contributed by atoms with Crippen molar-refractivity contribution in [2.45, 2.75) is 58.2 Å². The second-order valence-corrected chi connectivity index (χ2v) is 11.4. The van der Waals surface area contributed by atoms with Crippen molar-refractivity contribution in [2.24, 2.45) is 0 Å². The summed E-state index contributed by atoms with van der Waals surface area (Å²) in [4.78, 5) is 21.8. The summed E-state index contributed by atoms with van der Waals surface area (Å²) in [7, 11) is 0. The monoisotopic (exact) mass is 541 g/mol. The lowest BCUT2D eigenvalue weighted by atomic mass is 9.99. The number of hydrogen-bond donors (Lipinski definition) is 1. The molecule has 2 aromatic heterocycles. The maximum Gasteiger partial charge on any atom is 0.253 e. The molecule has 0 radical (unpaired) electrons. The van der Waals surface area contributed by atoms with E-state index in [0.717, 1.165) is 84.9 Å². The molecule has 7 rings (SSSR count). The van der Waals surface area contributed by atoms with Crippen molar-refractivity contribution in [2.75, 3.05) is 33.0 Å². The normalized spacial score (nSPS) is 19.1. The van der Waals surface area contributed by atoms with Gasteiger partial charge >= 0.3 is 0 Å². The fraction of sp³-hybridized carbons (Fsp3) is 0.467. The second kappa shape index (κ2) is 10.3. The summed E-state index contributed by atoms with van der Waals surface area (Å²) in [5.74, 6) is 2.39. The molecule has 2 fully saturated rings. The molecule has 2 aliphatic heterocycles. The standard InChI is InChI=1S/C30H35N7O3/c1-19-7-8-20(2)27-23(19)16-24(30(38)31-27)28(29-32-33-34-37(29)22-5-3-4-6-22)36-13-11-35(12-14-36)17-21-9-10-25-26(15-21)40-18-39-25/h7-10,15-16,22,28H,3-6,11-14,17-18H2,1-2H3,(H,31,38)/t28-/m1/s1. The number of rotatable bonds is 6. The van der Waals surface area contributed by atoms with E-state index in [4.69, 9.17) is 9.47 Å². The molecule has 40 heavy (non-hydrogen) atoms. The largest absolute Gasteiger partial charge is 0.454 e. The number of ether oxygens (including phenoxy) is 2. The Balaban J connectivity index is 1.21. The summed E-state index contributed by atoms with van der Waals surface area (Å²) in [6, 6.07) is 12.4. The van der Waals surface area contributed by atoms with Gasteiger partial charge in [-0.1, -0.05) is 31.0 Å². The molecule has 1 saturated carbocycles. The van der Waals surface area contributed by atoms with E-state index in [9.17, 15) is 4.79 Å². The third-order valence-electron chi connectivity index (χ3n) is 8.82. The fourth-order valence-electron chi connectivity index (χ4n) is 6.56. The topological polar surface area (TPSA) is 101 Å². The highest BCUT2D eigenvalue weighted by atomic mass is 16.7. The maximum atomic E-state index is 13.7. The van der Waals surface area contributed by atoms with Gasteiger partial charge in [0.1, 0.15) is 6.04 Å². The molecule has 1 N–H and O–H groups in total. The van der Waals surface area contributed by atoms with Crippen molar-refractivity contribution in [1.82, 2.24) is 35.0 Å². The first-order chi connectivity index (χ1) is 19.5.